The summed E-state index contributed by atoms with van der Waals surface area (Å²) < 4.78 is 2.02. The highest BCUT2D eigenvalue weighted by atomic mass is 32.2. The second kappa shape index (κ2) is 10.2. The number of thioether (sulfide) groups is 1. The summed E-state index contributed by atoms with van der Waals surface area (Å²) >= 11 is 1.30. The van der Waals surface area contributed by atoms with E-state index in [-0.39, 0.29) is 17.3 Å². The first-order valence-corrected chi connectivity index (χ1v) is 10.8. The van der Waals surface area contributed by atoms with E-state index in [4.69, 9.17) is 0 Å². The van der Waals surface area contributed by atoms with Crippen LogP contribution in [0, 0.1) is 16.0 Å². The minimum atomic E-state index is -0.490. The first-order chi connectivity index (χ1) is 14.1. The van der Waals surface area contributed by atoms with Crippen LogP contribution in [0.2, 0.25) is 0 Å². The molecule has 0 aliphatic heterocycles. The SMILES string of the molecule is C=CCn1c(CC2CCCCC2)nnc1SCC(=O)Nc1cccc([N+](=O)[O-])c1. The largest absolute Gasteiger partial charge is 0.325 e. The van der Waals surface area contributed by atoms with Crippen molar-refractivity contribution in [2.45, 2.75) is 50.2 Å². The number of anilines is 1. The van der Waals surface area contributed by atoms with Gasteiger partial charge in [-0.05, 0) is 12.0 Å². The van der Waals surface area contributed by atoms with Crippen LogP contribution in [0.4, 0.5) is 11.4 Å². The maximum Gasteiger partial charge on any atom is 0.271 e. The molecule has 1 aliphatic rings. The normalized spacial score (nSPS) is 14.5. The molecule has 1 aromatic heterocycles. The molecule has 1 heterocycles. The Labute approximate surface area is 173 Å². The number of carbonyl (C=O) groups excluding carboxylic acids is 1. The van der Waals surface area contributed by atoms with Gasteiger partial charge in [0.1, 0.15) is 5.82 Å². The van der Waals surface area contributed by atoms with Crippen molar-refractivity contribution >= 4 is 29.0 Å². The van der Waals surface area contributed by atoms with Crippen molar-refractivity contribution in [3.8, 4) is 0 Å². The van der Waals surface area contributed by atoms with Gasteiger partial charge in [-0.2, -0.15) is 0 Å². The number of carbonyl (C=O) groups is 1. The first-order valence-electron chi connectivity index (χ1n) is 9.77. The molecule has 0 spiro atoms. The van der Waals surface area contributed by atoms with Crippen LogP contribution in [0.25, 0.3) is 0 Å². The maximum absolute atomic E-state index is 12.3. The van der Waals surface area contributed by atoms with Gasteiger partial charge in [-0.15, -0.1) is 16.8 Å². The number of nitro benzene ring substituents is 1. The predicted molar refractivity (Wildman–Crippen MR) is 113 cm³/mol. The van der Waals surface area contributed by atoms with Crippen LogP contribution in [0.5, 0.6) is 0 Å². The maximum atomic E-state index is 12.3. The standard InChI is InChI=1S/C20H25N5O3S/c1-2-11-24-18(12-15-7-4-3-5-8-15)22-23-20(24)29-14-19(26)21-16-9-6-10-17(13-16)25(27)28/h2,6,9-10,13,15H,1,3-5,7-8,11-12,14H2,(H,21,26). The van der Waals surface area contributed by atoms with Gasteiger partial charge in [-0.3, -0.25) is 14.9 Å². The van der Waals surface area contributed by atoms with E-state index < -0.39 is 4.92 Å². The average Bonchev–Trinajstić information content (AvgIpc) is 3.09. The van der Waals surface area contributed by atoms with E-state index in [2.05, 4.69) is 22.1 Å². The third-order valence-corrected chi connectivity index (χ3v) is 5.94. The molecule has 29 heavy (non-hydrogen) atoms. The van der Waals surface area contributed by atoms with Crippen LogP contribution in [0.15, 0.2) is 42.1 Å². The van der Waals surface area contributed by atoms with Gasteiger partial charge in [0.25, 0.3) is 5.69 Å². The molecule has 9 heteroatoms. The number of aromatic nitrogens is 3. The summed E-state index contributed by atoms with van der Waals surface area (Å²) in [4.78, 5) is 22.6. The first kappa shape index (κ1) is 21.0. The Bertz CT molecular complexity index is 877. The van der Waals surface area contributed by atoms with Crippen LogP contribution in [0.3, 0.4) is 0 Å². The number of hydrogen-bond donors (Lipinski definition) is 1. The molecule has 1 amide bonds. The van der Waals surface area contributed by atoms with Crippen molar-refractivity contribution in [3.63, 3.8) is 0 Å². The number of non-ortho nitro benzene ring substituents is 1. The van der Waals surface area contributed by atoms with Crippen LogP contribution < -0.4 is 5.32 Å². The average molecular weight is 416 g/mol. The van der Waals surface area contributed by atoms with E-state index in [1.807, 2.05) is 4.57 Å². The van der Waals surface area contributed by atoms with Gasteiger partial charge in [0, 0.05) is 30.8 Å². The Morgan fingerprint density at radius 3 is 2.86 bits per heavy atom. The fourth-order valence-corrected chi connectivity index (χ4v) is 4.33. The Kier molecular flexibility index (Phi) is 7.40. The fraction of sp³-hybridized carbons (Fsp3) is 0.450. The zero-order valence-corrected chi connectivity index (χ0v) is 17.1. The molecule has 2 aromatic rings. The third-order valence-electron chi connectivity index (χ3n) is 4.97. The number of nitrogens with one attached hydrogen (secondary N) is 1. The molecule has 0 atom stereocenters. The van der Waals surface area contributed by atoms with Gasteiger partial charge in [-0.1, -0.05) is 56.0 Å². The van der Waals surface area contributed by atoms with Crippen molar-refractivity contribution in [2.75, 3.05) is 11.1 Å². The molecule has 1 aliphatic carbocycles. The molecule has 154 valence electrons. The van der Waals surface area contributed by atoms with Gasteiger partial charge >= 0.3 is 0 Å². The van der Waals surface area contributed by atoms with Crippen LogP contribution in [-0.4, -0.2) is 31.3 Å². The molecule has 0 unspecified atom stereocenters. The summed E-state index contributed by atoms with van der Waals surface area (Å²) in [6, 6.07) is 5.89. The smallest absolute Gasteiger partial charge is 0.271 e. The molecule has 0 saturated heterocycles. The molecule has 1 fully saturated rings. The highest BCUT2D eigenvalue weighted by Crippen LogP contribution is 2.28. The summed E-state index contributed by atoms with van der Waals surface area (Å²) in [6.07, 6.45) is 9.04. The number of nitro groups is 1. The molecule has 1 N–H and O–H groups in total. The number of hydrogen-bond acceptors (Lipinski definition) is 6. The van der Waals surface area contributed by atoms with Gasteiger partial charge in [0.05, 0.1) is 10.7 Å². The van der Waals surface area contributed by atoms with E-state index in [1.165, 1.54) is 56.0 Å². The zero-order chi connectivity index (χ0) is 20.6. The van der Waals surface area contributed by atoms with Crippen LogP contribution in [-0.2, 0) is 17.8 Å². The van der Waals surface area contributed by atoms with Gasteiger partial charge in [-0.25, -0.2) is 0 Å². The lowest BCUT2D eigenvalue weighted by molar-refractivity contribution is -0.384. The Morgan fingerprint density at radius 1 is 1.34 bits per heavy atom. The second-order valence-electron chi connectivity index (χ2n) is 7.15. The van der Waals surface area contributed by atoms with Gasteiger partial charge < -0.3 is 9.88 Å². The van der Waals surface area contributed by atoms with E-state index in [0.29, 0.717) is 23.3 Å². The fourth-order valence-electron chi connectivity index (χ4n) is 3.56. The molecule has 8 nitrogen and oxygen atoms in total. The molecule has 3 rings (SSSR count). The molecule has 1 saturated carbocycles. The second-order valence-corrected chi connectivity index (χ2v) is 8.09. The van der Waals surface area contributed by atoms with Crippen molar-refractivity contribution in [1.29, 1.82) is 0 Å². The highest BCUT2D eigenvalue weighted by Gasteiger charge is 2.19. The van der Waals surface area contributed by atoms with Crippen molar-refractivity contribution in [3.05, 3.63) is 52.9 Å². The van der Waals surface area contributed by atoms with Crippen molar-refractivity contribution in [2.24, 2.45) is 5.92 Å². The van der Waals surface area contributed by atoms with Gasteiger partial charge in [0.2, 0.25) is 5.91 Å². The summed E-state index contributed by atoms with van der Waals surface area (Å²) in [5.74, 6) is 1.48. The molecular formula is C20H25N5O3S. The third kappa shape index (κ3) is 5.90. The van der Waals surface area contributed by atoms with Gasteiger partial charge in [0.15, 0.2) is 5.16 Å². The van der Waals surface area contributed by atoms with E-state index >= 15 is 0 Å². The Morgan fingerprint density at radius 2 is 2.14 bits per heavy atom. The number of amides is 1. The van der Waals surface area contributed by atoms with E-state index in [0.717, 1.165) is 12.2 Å². The highest BCUT2D eigenvalue weighted by molar-refractivity contribution is 7.99. The number of rotatable bonds is 9. The lowest BCUT2D eigenvalue weighted by Crippen LogP contribution is -2.15. The van der Waals surface area contributed by atoms with E-state index in [9.17, 15) is 14.9 Å². The number of nitrogens with zero attached hydrogens (tertiary/aromatic N) is 4. The Hall–Kier alpha value is -2.68. The molecular weight excluding hydrogens is 390 g/mol. The lowest BCUT2D eigenvalue weighted by Gasteiger charge is -2.21. The van der Waals surface area contributed by atoms with Crippen LogP contribution >= 0.6 is 11.8 Å². The van der Waals surface area contributed by atoms with Crippen molar-refractivity contribution < 1.29 is 9.72 Å². The summed E-state index contributed by atoms with van der Waals surface area (Å²) in [7, 11) is 0. The Balaban J connectivity index is 1.60. The predicted octanol–water partition coefficient (Wildman–Crippen LogP) is 4.23. The molecule has 1 aromatic carbocycles. The molecule has 0 radical (unpaired) electrons. The lowest BCUT2D eigenvalue weighted by atomic mass is 9.87. The van der Waals surface area contributed by atoms with Crippen LogP contribution in [0.1, 0.15) is 37.9 Å². The topological polar surface area (TPSA) is 103 Å². The summed E-state index contributed by atoms with van der Waals surface area (Å²) in [6.45, 7) is 4.42. The van der Waals surface area contributed by atoms with E-state index in [1.54, 1.807) is 18.2 Å². The summed E-state index contributed by atoms with van der Waals surface area (Å²) in [5, 5.41) is 22.9. The summed E-state index contributed by atoms with van der Waals surface area (Å²) in [5.41, 5.74) is 0.337. The van der Waals surface area contributed by atoms with Crippen molar-refractivity contribution in [1.82, 2.24) is 14.8 Å². The number of allylic oxidation sites excluding steroid dienone is 1. The number of benzene rings is 1. The zero-order valence-electron chi connectivity index (χ0n) is 16.2. The quantitative estimate of drug-likeness (QED) is 0.285. The monoisotopic (exact) mass is 415 g/mol. The minimum absolute atomic E-state index is 0.0615. The minimum Gasteiger partial charge on any atom is -0.325 e. The molecule has 0 bridgehead atoms.